The average Bonchev–Trinajstić information content (AvgIpc) is 3.18. The second-order valence-electron chi connectivity index (χ2n) is 4.31. The molecule has 1 aliphatic heterocycles. The van der Waals surface area contributed by atoms with Crippen LogP contribution in [0.25, 0.3) is 0 Å². The topological polar surface area (TPSA) is 69.3 Å². The molecule has 1 heterocycles. The lowest BCUT2D eigenvalue weighted by Crippen LogP contribution is -2.44. The Bertz CT molecular complexity index is 260. The zero-order chi connectivity index (χ0) is 13.6. The van der Waals surface area contributed by atoms with Crippen molar-refractivity contribution in [3.05, 3.63) is 0 Å². The van der Waals surface area contributed by atoms with Gasteiger partial charge in [-0.3, -0.25) is 4.79 Å². The van der Waals surface area contributed by atoms with E-state index >= 15 is 0 Å². The summed E-state index contributed by atoms with van der Waals surface area (Å²) in [6, 6.07) is 0.535. The Hall–Kier alpha value is -0.313. The van der Waals surface area contributed by atoms with E-state index < -0.39 is 8.80 Å². The summed E-state index contributed by atoms with van der Waals surface area (Å²) in [5, 5.41) is 3.21. The third-order valence-corrected chi connectivity index (χ3v) is 5.96. The second kappa shape index (κ2) is 7.32. The molecule has 6 nitrogen and oxygen atoms in total. The molecule has 0 saturated carbocycles. The van der Waals surface area contributed by atoms with Gasteiger partial charge in [0.25, 0.3) is 0 Å². The molecule has 2 atom stereocenters. The van der Waals surface area contributed by atoms with Crippen molar-refractivity contribution in [2.75, 3.05) is 34.5 Å². The molecule has 0 radical (unpaired) electrons. The summed E-state index contributed by atoms with van der Waals surface area (Å²) in [6.45, 7) is 2.97. The molecule has 0 aromatic heterocycles. The molecule has 0 aromatic rings. The van der Waals surface area contributed by atoms with Crippen LogP contribution in [0.4, 0.5) is 0 Å². The average molecular weight is 277 g/mol. The van der Waals surface area contributed by atoms with E-state index in [2.05, 4.69) is 5.32 Å². The van der Waals surface area contributed by atoms with E-state index in [0.717, 1.165) is 19.0 Å². The smallest absolute Gasteiger partial charge is 0.377 e. The first-order chi connectivity index (χ1) is 8.58. The van der Waals surface area contributed by atoms with Gasteiger partial charge in [-0.25, -0.2) is 0 Å². The number of epoxide rings is 1. The number of hydrogen-bond donors (Lipinski definition) is 1. The summed E-state index contributed by atoms with van der Waals surface area (Å²) in [5.41, 5.74) is 0. The van der Waals surface area contributed by atoms with E-state index in [1.165, 1.54) is 0 Å². The monoisotopic (exact) mass is 277 g/mol. The molecule has 0 amide bonds. The molecule has 1 saturated heterocycles. The van der Waals surface area contributed by atoms with Gasteiger partial charge in [0, 0.05) is 27.4 Å². The molecule has 1 N–H and O–H groups in total. The summed E-state index contributed by atoms with van der Waals surface area (Å²) < 4.78 is 21.1. The van der Waals surface area contributed by atoms with Crippen LogP contribution in [0, 0.1) is 0 Å². The second-order valence-corrected chi connectivity index (χ2v) is 7.40. The maximum atomic E-state index is 11.4. The van der Waals surface area contributed by atoms with E-state index in [1.807, 2.05) is 0 Å². The van der Waals surface area contributed by atoms with Crippen molar-refractivity contribution in [1.29, 1.82) is 0 Å². The minimum Gasteiger partial charge on any atom is -0.377 e. The van der Waals surface area contributed by atoms with Gasteiger partial charge in [0.1, 0.15) is 11.9 Å². The lowest BCUT2D eigenvalue weighted by Gasteiger charge is -2.24. The predicted octanol–water partition coefficient (Wildman–Crippen LogP) is 0.201. The summed E-state index contributed by atoms with van der Waals surface area (Å²) in [7, 11) is 2.32. The van der Waals surface area contributed by atoms with Crippen molar-refractivity contribution in [2.45, 2.75) is 31.5 Å². The Morgan fingerprint density at radius 3 is 2.33 bits per heavy atom. The van der Waals surface area contributed by atoms with Gasteiger partial charge in [-0.1, -0.05) is 0 Å². The fourth-order valence-corrected chi connectivity index (χ4v) is 3.63. The van der Waals surface area contributed by atoms with Gasteiger partial charge in [-0.2, -0.15) is 0 Å². The summed E-state index contributed by atoms with van der Waals surface area (Å²) in [5.74, 6) is 0.117. The Labute approximate surface area is 109 Å². The van der Waals surface area contributed by atoms with Crippen molar-refractivity contribution < 1.29 is 22.8 Å². The molecule has 0 aliphatic carbocycles. The highest BCUT2D eigenvalue weighted by atomic mass is 28.4. The van der Waals surface area contributed by atoms with Gasteiger partial charge in [0.05, 0.1) is 12.6 Å². The number of carbonyl (C=O) groups excluding carboxylic acids is 1. The number of Topliss-reactive ketones (excluding diaryl/α,β-unsaturated/α-hetero) is 1. The maximum Gasteiger partial charge on any atom is 0.500 e. The van der Waals surface area contributed by atoms with Crippen LogP contribution in [-0.2, 0) is 22.8 Å². The first-order valence-electron chi connectivity index (χ1n) is 6.09. The Kier molecular flexibility index (Phi) is 6.40. The van der Waals surface area contributed by atoms with Gasteiger partial charge in [0.2, 0.25) is 0 Å². The molecule has 0 spiro atoms. The molecule has 1 rings (SSSR count). The quantitative estimate of drug-likeness (QED) is 0.349. The normalized spacial score (nSPS) is 20.8. The van der Waals surface area contributed by atoms with E-state index in [-0.39, 0.29) is 17.9 Å². The van der Waals surface area contributed by atoms with Crippen LogP contribution in [0.15, 0.2) is 0 Å². The first kappa shape index (κ1) is 15.7. The van der Waals surface area contributed by atoms with E-state index in [0.29, 0.717) is 6.61 Å². The number of ketones is 1. The van der Waals surface area contributed by atoms with Gasteiger partial charge in [-0.15, -0.1) is 0 Å². The van der Waals surface area contributed by atoms with E-state index in [9.17, 15) is 4.79 Å². The first-order valence-corrected chi connectivity index (χ1v) is 8.02. The molecule has 0 bridgehead atoms. The third kappa shape index (κ3) is 4.41. The summed E-state index contributed by atoms with van der Waals surface area (Å²) in [4.78, 5) is 11.4. The molecule has 0 aromatic carbocycles. The van der Waals surface area contributed by atoms with Crippen LogP contribution < -0.4 is 5.32 Å². The minimum absolute atomic E-state index is 0.0526. The van der Waals surface area contributed by atoms with Crippen LogP contribution in [0.1, 0.15) is 13.3 Å². The van der Waals surface area contributed by atoms with Crippen LogP contribution >= 0.6 is 0 Å². The van der Waals surface area contributed by atoms with E-state index in [4.69, 9.17) is 18.0 Å². The van der Waals surface area contributed by atoms with Gasteiger partial charge < -0.3 is 23.3 Å². The van der Waals surface area contributed by atoms with Crippen molar-refractivity contribution in [1.82, 2.24) is 5.32 Å². The summed E-state index contributed by atoms with van der Waals surface area (Å²) in [6.07, 6.45) is 0.884. The van der Waals surface area contributed by atoms with Gasteiger partial charge in [0.15, 0.2) is 0 Å². The lowest BCUT2D eigenvalue weighted by molar-refractivity contribution is -0.119. The number of hydrogen-bond acceptors (Lipinski definition) is 6. The highest BCUT2D eigenvalue weighted by Gasteiger charge is 2.38. The van der Waals surface area contributed by atoms with E-state index in [1.54, 1.807) is 28.3 Å². The lowest BCUT2D eigenvalue weighted by atomic mass is 10.1. The zero-order valence-electron chi connectivity index (χ0n) is 11.5. The summed E-state index contributed by atoms with van der Waals surface area (Å²) >= 11 is 0. The Balaban J connectivity index is 2.26. The third-order valence-electron chi connectivity index (χ3n) is 3.13. The molecule has 1 aliphatic rings. The molecular weight excluding hydrogens is 254 g/mol. The molecule has 18 heavy (non-hydrogen) atoms. The van der Waals surface area contributed by atoms with Crippen molar-refractivity contribution in [3.63, 3.8) is 0 Å². The fraction of sp³-hybridized carbons (Fsp3) is 0.909. The molecule has 2 unspecified atom stereocenters. The van der Waals surface area contributed by atoms with Crippen molar-refractivity contribution in [2.24, 2.45) is 0 Å². The zero-order valence-corrected chi connectivity index (χ0v) is 12.5. The number of nitrogens with one attached hydrogen (secondary N) is 1. The maximum absolute atomic E-state index is 11.4. The Morgan fingerprint density at radius 2 is 1.94 bits per heavy atom. The highest BCUT2D eigenvalue weighted by molar-refractivity contribution is 6.60. The fourth-order valence-electron chi connectivity index (χ4n) is 1.90. The molecule has 106 valence electrons. The minimum atomic E-state index is -2.48. The molecule has 1 fully saturated rings. The van der Waals surface area contributed by atoms with Crippen molar-refractivity contribution in [3.8, 4) is 0 Å². The highest BCUT2D eigenvalue weighted by Crippen LogP contribution is 2.17. The van der Waals surface area contributed by atoms with Crippen LogP contribution in [0.2, 0.25) is 6.04 Å². The number of carbonyl (C=O) groups is 1. The van der Waals surface area contributed by atoms with Crippen molar-refractivity contribution >= 4 is 14.6 Å². The van der Waals surface area contributed by atoms with Gasteiger partial charge in [-0.05, 0) is 19.9 Å². The largest absolute Gasteiger partial charge is 0.500 e. The standard InChI is InChI=1S/C11H23NO5Si/c1-9(13)11(10-8-17-10)12-6-5-7-18(14-2,15-3)16-4/h10-12H,5-8H2,1-4H3. The number of ether oxygens (including phenoxy) is 1. The van der Waals surface area contributed by atoms with Gasteiger partial charge >= 0.3 is 8.80 Å². The van der Waals surface area contributed by atoms with Crippen LogP contribution in [0.5, 0.6) is 0 Å². The Morgan fingerprint density at radius 1 is 1.39 bits per heavy atom. The molecular formula is C11H23NO5Si. The van der Waals surface area contributed by atoms with Crippen LogP contribution in [0.3, 0.4) is 0 Å². The van der Waals surface area contributed by atoms with Crippen LogP contribution in [-0.4, -0.2) is 61.2 Å². The number of rotatable bonds is 10. The predicted molar refractivity (Wildman–Crippen MR) is 68.4 cm³/mol. The molecule has 7 heteroatoms. The SMILES string of the molecule is CO[Si](CCCNC(C(C)=O)C1CO1)(OC)OC.